The first kappa shape index (κ1) is 11.4. The van der Waals surface area contributed by atoms with Gasteiger partial charge in [0.1, 0.15) is 5.82 Å². The maximum absolute atomic E-state index is 5.81. The number of aryl methyl sites for hydroxylation is 1. The van der Waals surface area contributed by atoms with Crippen LogP contribution in [-0.2, 0) is 0 Å². The summed E-state index contributed by atoms with van der Waals surface area (Å²) < 4.78 is 7.70. The molecule has 18 heavy (non-hydrogen) atoms. The van der Waals surface area contributed by atoms with Gasteiger partial charge in [0.25, 0.3) is 5.88 Å². The van der Waals surface area contributed by atoms with E-state index in [-0.39, 0.29) is 0 Å². The second kappa shape index (κ2) is 4.89. The van der Waals surface area contributed by atoms with Gasteiger partial charge in [0.15, 0.2) is 0 Å². The van der Waals surface area contributed by atoms with Crippen molar-refractivity contribution in [3.8, 4) is 5.88 Å². The number of nitrogens with zero attached hydrogens (tertiary/aromatic N) is 4. The highest BCUT2D eigenvalue weighted by Gasteiger charge is 2.15. The molecule has 6 nitrogen and oxygen atoms in total. The number of hydrogen-bond acceptors (Lipinski definition) is 5. The zero-order chi connectivity index (χ0) is 12.4. The van der Waals surface area contributed by atoms with Gasteiger partial charge in [0.2, 0.25) is 5.65 Å². The second-order valence-electron chi connectivity index (χ2n) is 4.68. The van der Waals surface area contributed by atoms with Crippen LogP contribution in [0.15, 0.2) is 12.4 Å². The Labute approximate surface area is 105 Å². The van der Waals surface area contributed by atoms with Crippen LogP contribution >= 0.6 is 0 Å². The molecule has 2 aromatic rings. The summed E-state index contributed by atoms with van der Waals surface area (Å²) >= 11 is 0. The van der Waals surface area contributed by atoms with Gasteiger partial charge in [-0.2, -0.15) is 0 Å². The number of nitrogens with one attached hydrogen (secondary N) is 1. The molecule has 1 fully saturated rings. The van der Waals surface area contributed by atoms with Crippen molar-refractivity contribution in [3.05, 3.63) is 18.2 Å². The molecule has 1 aliphatic heterocycles. The molecule has 1 aliphatic rings. The maximum Gasteiger partial charge on any atom is 0.260 e. The Bertz CT molecular complexity index is 532. The summed E-state index contributed by atoms with van der Waals surface area (Å²) in [5.41, 5.74) is 0.698. The Kier molecular flexibility index (Phi) is 3.10. The van der Waals surface area contributed by atoms with E-state index in [1.54, 1.807) is 6.20 Å². The van der Waals surface area contributed by atoms with Crippen molar-refractivity contribution < 1.29 is 4.74 Å². The smallest absolute Gasteiger partial charge is 0.260 e. The number of piperidine rings is 1. The van der Waals surface area contributed by atoms with E-state index in [1.165, 1.54) is 0 Å². The molecule has 0 radical (unpaired) electrons. The molecule has 0 unspecified atom stereocenters. The van der Waals surface area contributed by atoms with Crippen molar-refractivity contribution in [2.24, 2.45) is 5.92 Å². The van der Waals surface area contributed by atoms with Gasteiger partial charge in [-0.15, -0.1) is 10.2 Å². The first-order valence-corrected chi connectivity index (χ1v) is 6.34. The monoisotopic (exact) mass is 247 g/mol. The molecule has 0 aliphatic carbocycles. The molecule has 0 amide bonds. The molecule has 3 rings (SSSR count). The van der Waals surface area contributed by atoms with Crippen molar-refractivity contribution in [1.29, 1.82) is 0 Å². The standard InChI is InChI=1S/C12H17N5O/c1-9-15-16-11-12(14-6-7-17(9)11)18-8-10-2-4-13-5-3-10/h6-7,10,13H,2-5,8H2,1H3. The third-order valence-corrected chi connectivity index (χ3v) is 3.38. The number of rotatable bonds is 3. The fourth-order valence-electron chi connectivity index (χ4n) is 2.27. The molecule has 0 spiro atoms. The van der Waals surface area contributed by atoms with Gasteiger partial charge in [-0.1, -0.05) is 0 Å². The molecule has 1 N–H and O–H groups in total. The highest BCUT2D eigenvalue weighted by molar-refractivity contribution is 5.48. The third kappa shape index (κ3) is 2.15. The summed E-state index contributed by atoms with van der Waals surface area (Å²) in [6.07, 6.45) is 5.90. The predicted molar refractivity (Wildman–Crippen MR) is 66.6 cm³/mol. The Balaban J connectivity index is 1.74. The van der Waals surface area contributed by atoms with E-state index in [4.69, 9.17) is 4.74 Å². The zero-order valence-electron chi connectivity index (χ0n) is 10.5. The molecule has 96 valence electrons. The minimum absolute atomic E-state index is 0.580. The first-order valence-electron chi connectivity index (χ1n) is 6.34. The molecule has 2 aromatic heterocycles. The minimum atomic E-state index is 0.580. The molecule has 0 saturated carbocycles. The van der Waals surface area contributed by atoms with E-state index in [0.717, 1.165) is 31.8 Å². The molecular formula is C12H17N5O. The lowest BCUT2D eigenvalue weighted by molar-refractivity contribution is 0.210. The van der Waals surface area contributed by atoms with Crippen LogP contribution in [0.4, 0.5) is 0 Å². The van der Waals surface area contributed by atoms with Gasteiger partial charge in [-0.05, 0) is 38.8 Å². The van der Waals surface area contributed by atoms with Crippen molar-refractivity contribution in [2.45, 2.75) is 19.8 Å². The summed E-state index contributed by atoms with van der Waals surface area (Å²) in [5.74, 6) is 2.04. The average molecular weight is 247 g/mol. The van der Waals surface area contributed by atoms with Crippen LogP contribution < -0.4 is 10.1 Å². The van der Waals surface area contributed by atoms with E-state index in [9.17, 15) is 0 Å². The lowest BCUT2D eigenvalue weighted by Gasteiger charge is -2.22. The highest BCUT2D eigenvalue weighted by atomic mass is 16.5. The van der Waals surface area contributed by atoms with Crippen LogP contribution in [0.25, 0.3) is 5.65 Å². The van der Waals surface area contributed by atoms with E-state index in [2.05, 4.69) is 20.5 Å². The van der Waals surface area contributed by atoms with Crippen LogP contribution in [0.2, 0.25) is 0 Å². The molecule has 0 atom stereocenters. The predicted octanol–water partition coefficient (Wildman–Crippen LogP) is 0.811. The van der Waals surface area contributed by atoms with Crippen LogP contribution in [0, 0.1) is 12.8 Å². The lowest BCUT2D eigenvalue weighted by Crippen LogP contribution is -2.30. The normalized spacial score (nSPS) is 17.2. The van der Waals surface area contributed by atoms with Crippen molar-refractivity contribution in [3.63, 3.8) is 0 Å². The molecule has 1 saturated heterocycles. The van der Waals surface area contributed by atoms with Crippen molar-refractivity contribution in [1.82, 2.24) is 24.9 Å². The fraction of sp³-hybridized carbons (Fsp3) is 0.583. The van der Waals surface area contributed by atoms with Crippen LogP contribution in [-0.4, -0.2) is 39.3 Å². The SMILES string of the molecule is Cc1nnc2c(OCC3CCNCC3)nccn12. The Hall–Kier alpha value is -1.69. The highest BCUT2D eigenvalue weighted by Crippen LogP contribution is 2.18. The van der Waals surface area contributed by atoms with Gasteiger partial charge in [-0.3, -0.25) is 4.40 Å². The average Bonchev–Trinajstić information content (AvgIpc) is 2.80. The van der Waals surface area contributed by atoms with Gasteiger partial charge in [0.05, 0.1) is 6.61 Å². The summed E-state index contributed by atoms with van der Waals surface area (Å²) in [6, 6.07) is 0. The van der Waals surface area contributed by atoms with E-state index in [0.29, 0.717) is 24.1 Å². The van der Waals surface area contributed by atoms with Crippen LogP contribution in [0.5, 0.6) is 5.88 Å². The maximum atomic E-state index is 5.81. The number of aromatic nitrogens is 4. The summed E-state index contributed by atoms with van der Waals surface area (Å²) in [4.78, 5) is 4.24. The van der Waals surface area contributed by atoms with Gasteiger partial charge in [-0.25, -0.2) is 4.98 Å². The van der Waals surface area contributed by atoms with Gasteiger partial charge in [0, 0.05) is 12.4 Å². The second-order valence-corrected chi connectivity index (χ2v) is 4.68. The first-order chi connectivity index (χ1) is 8.84. The summed E-state index contributed by atoms with van der Waals surface area (Å²) in [6.45, 7) is 4.78. The quantitative estimate of drug-likeness (QED) is 0.869. The molecule has 0 bridgehead atoms. The Morgan fingerprint density at radius 2 is 2.22 bits per heavy atom. The topological polar surface area (TPSA) is 64.3 Å². The van der Waals surface area contributed by atoms with E-state index < -0.39 is 0 Å². The lowest BCUT2D eigenvalue weighted by atomic mass is 9.99. The van der Waals surface area contributed by atoms with Gasteiger partial charge >= 0.3 is 0 Å². The molecular weight excluding hydrogens is 230 g/mol. The van der Waals surface area contributed by atoms with Crippen molar-refractivity contribution in [2.75, 3.05) is 19.7 Å². The van der Waals surface area contributed by atoms with Gasteiger partial charge < -0.3 is 10.1 Å². The number of fused-ring (bicyclic) bond motifs is 1. The number of hydrogen-bond donors (Lipinski definition) is 1. The van der Waals surface area contributed by atoms with Crippen molar-refractivity contribution >= 4 is 5.65 Å². The van der Waals surface area contributed by atoms with Crippen LogP contribution in [0.1, 0.15) is 18.7 Å². The third-order valence-electron chi connectivity index (χ3n) is 3.38. The zero-order valence-corrected chi connectivity index (χ0v) is 10.5. The fourth-order valence-corrected chi connectivity index (χ4v) is 2.27. The molecule has 3 heterocycles. The molecule has 0 aromatic carbocycles. The van der Waals surface area contributed by atoms with E-state index in [1.807, 2.05) is 17.5 Å². The van der Waals surface area contributed by atoms with Crippen LogP contribution in [0.3, 0.4) is 0 Å². The minimum Gasteiger partial charge on any atom is -0.475 e. The summed E-state index contributed by atoms with van der Waals surface area (Å²) in [5, 5.41) is 11.5. The summed E-state index contributed by atoms with van der Waals surface area (Å²) in [7, 11) is 0. The largest absolute Gasteiger partial charge is 0.475 e. The Morgan fingerprint density at radius 1 is 1.39 bits per heavy atom. The molecule has 6 heteroatoms. The number of ether oxygens (including phenoxy) is 1. The van der Waals surface area contributed by atoms with E-state index >= 15 is 0 Å². The Morgan fingerprint density at radius 3 is 3.06 bits per heavy atom.